The van der Waals surface area contributed by atoms with Crippen molar-refractivity contribution in [1.82, 2.24) is 4.90 Å². The maximum Gasteiger partial charge on any atom is 0.490 e. The summed E-state index contributed by atoms with van der Waals surface area (Å²) in [5.74, 6) is -0.949. The fourth-order valence-corrected chi connectivity index (χ4v) is 4.73. The van der Waals surface area contributed by atoms with E-state index in [-0.39, 0.29) is 5.60 Å². The van der Waals surface area contributed by atoms with Gasteiger partial charge in [-0.1, -0.05) is 18.2 Å². The summed E-state index contributed by atoms with van der Waals surface area (Å²) in [7, 11) is 0. The van der Waals surface area contributed by atoms with Crippen LogP contribution in [0.15, 0.2) is 42.5 Å². The van der Waals surface area contributed by atoms with Crippen molar-refractivity contribution in [2.24, 2.45) is 5.92 Å². The first-order chi connectivity index (χ1) is 14.2. The molecule has 4 aliphatic heterocycles. The Balaban J connectivity index is 0.000000272. The van der Waals surface area contributed by atoms with Crippen molar-refractivity contribution in [2.75, 3.05) is 25.4 Å². The molecule has 2 bridgehead atoms. The van der Waals surface area contributed by atoms with Crippen molar-refractivity contribution in [2.45, 2.75) is 31.0 Å². The lowest BCUT2D eigenvalue weighted by molar-refractivity contribution is -0.192. The highest BCUT2D eigenvalue weighted by molar-refractivity contribution is 5.73. The van der Waals surface area contributed by atoms with Gasteiger partial charge in [0.05, 0.1) is 0 Å². The molecule has 160 valence electrons. The van der Waals surface area contributed by atoms with Crippen LogP contribution in [-0.2, 0) is 11.2 Å². The molecule has 1 atom stereocenters. The number of anilines is 1. The van der Waals surface area contributed by atoms with Gasteiger partial charge in [-0.15, -0.1) is 0 Å². The number of nitrogens with zero attached hydrogens (tertiary/aromatic N) is 1. The molecular weight excluding hydrogens is 397 g/mol. The fraction of sp³-hybridized carbons (Fsp3) is 0.409. The molecule has 0 aromatic heterocycles. The van der Waals surface area contributed by atoms with Crippen LogP contribution in [0.4, 0.5) is 18.9 Å². The summed E-state index contributed by atoms with van der Waals surface area (Å²) in [6, 6.07) is 14.7. The van der Waals surface area contributed by atoms with Crippen molar-refractivity contribution in [3.8, 4) is 16.9 Å². The van der Waals surface area contributed by atoms with Gasteiger partial charge >= 0.3 is 12.1 Å². The second kappa shape index (κ2) is 7.50. The number of aliphatic carboxylic acids is 1. The first-order valence-corrected chi connectivity index (χ1v) is 9.87. The number of carboxylic acids is 1. The average Bonchev–Trinajstić information content (AvgIpc) is 3.05. The number of hydrogen-bond donors (Lipinski definition) is 2. The molecule has 1 spiro atoms. The first kappa shape index (κ1) is 20.5. The minimum atomic E-state index is -5.08. The predicted molar refractivity (Wildman–Crippen MR) is 106 cm³/mol. The van der Waals surface area contributed by atoms with E-state index in [1.807, 2.05) is 18.2 Å². The van der Waals surface area contributed by atoms with Crippen molar-refractivity contribution < 1.29 is 27.8 Å². The Morgan fingerprint density at radius 1 is 1.13 bits per heavy atom. The molecule has 0 saturated carbocycles. The molecule has 2 aromatic carbocycles. The van der Waals surface area contributed by atoms with E-state index in [9.17, 15) is 13.2 Å². The van der Waals surface area contributed by atoms with E-state index < -0.39 is 12.1 Å². The minimum Gasteiger partial charge on any atom is -0.485 e. The molecule has 0 aliphatic carbocycles. The number of alkyl halides is 3. The van der Waals surface area contributed by atoms with Crippen molar-refractivity contribution >= 4 is 11.7 Å². The summed E-state index contributed by atoms with van der Waals surface area (Å²) < 4.78 is 38.3. The number of fused-ring (bicyclic) bond motifs is 3. The third kappa shape index (κ3) is 3.96. The molecule has 8 heteroatoms. The number of carbonyl (C=O) groups is 1. The van der Waals surface area contributed by atoms with Crippen LogP contribution in [0.25, 0.3) is 11.1 Å². The van der Waals surface area contributed by atoms with E-state index in [0.29, 0.717) is 0 Å². The Bertz CT molecular complexity index is 955. The lowest BCUT2D eigenvalue weighted by Crippen LogP contribution is -2.61. The van der Waals surface area contributed by atoms with Gasteiger partial charge < -0.3 is 15.6 Å². The molecule has 0 amide bonds. The number of ether oxygens (including phenoxy) is 1. The maximum absolute atomic E-state index is 10.6. The van der Waals surface area contributed by atoms with Crippen LogP contribution in [0, 0.1) is 5.92 Å². The van der Waals surface area contributed by atoms with Crippen LogP contribution in [0.1, 0.15) is 18.4 Å². The third-order valence-corrected chi connectivity index (χ3v) is 6.15. The van der Waals surface area contributed by atoms with E-state index in [4.69, 9.17) is 20.4 Å². The quantitative estimate of drug-likeness (QED) is 0.683. The molecule has 6 rings (SSSR count). The highest BCUT2D eigenvalue weighted by atomic mass is 19.4. The van der Waals surface area contributed by atoms with Gasteiger partial charge in [-0.25, -0.2) is 4.79 Å². The van der Waals surface area contributed by atoms with Crippen LogP contribution in [0.2, 0.25) is 0 Å². The molecule has 3 saturated heterocycles. The molecule has 2 aromatic rings. The second-order valence-corrected chi connectivity index (χ2v) is 8.14. The Morgan fingerprint density at radius 3 is 2.37 bits per heavy atom. The van der Waals surface area contributed by atoms with E-state index in [1.165, 1.54) is 42.6 Å². The molecule has 0 radical (unpaired) electrons. The zero-order valence-electron chi connectivity index (χ0n) is 16.3. The second-order valence-electron chi connectivity index (χ2n) is 8.14. The summed E-state index contributed by atoms with van der Waals surface area (Å²) in [6.07, 6.45) is -1.45. The number of hydrogen-bond acceptors (Lipinski definition) is 4. The van der Waals surface area contributed by atoms with Gasteiger partial charge in [0.25, 0.3) is 0 Å². The van der Waals surface area contributed by atoms with Gasteiger partial charge in [-0.3, -0.25) is 4.90 Å². The molecular formula is C22H23F3N2O3. The SMILES string of the molecule is Nc1cccc(-c2ccc3c(c2)CC2(CN4CCC2CC4)O3)c1.O=C(O)C(F)(F)F. The highest BCUT2D eigenvalue weighted by Crippen LogP contribution is 2.47. The number of nitrogens with two attached hydrogens (primary N) is 1. The standard InChI is InChI=1S/C20H22N2O.C2HF3O2/c21-18-3-1-2-14(11-18)15-4-5-19-16(10-15)12-20(23-19)13-22-8-6-17(20)7-9-22;3-2(4,5)1(6)7/h1-5,10-11,17H,6-9,12-13,21H2;(H,6,7). The summed E-state index contributed by atoms with van der Waals surface area (Å²) in [5, 5.41) is 7.12. The molecule has 1 unspecified atom stereocenters. The predicted octanol–water partition coefficient (Wildman–Crippen LogP) is 3.97. The van der Waals surface area contributed by atoms with Gasteiger partial charge in [0.1, 0.15) is 11.4 Å². The minimum absolute atomic E-state index is 0.0349. The number of carboxylic acid groups (broad SMARTS) is 1. The van der Waals surface area contributed by atoms with E-state index in [0.717, 1.165) is 30.3 Å². The van der Waals surface area contributed by atoms with Gasteiger partial charge in [0, 0.05) is 24.6 Å². The van der Waals surface area contributed by atoms with Crippen molar-refractivity contribution in [3.63, 3.8) is 0 Å². The Labute approximate surface area is 172 Å². The molecule has 3 N–H and O–H groups in total. The van der Waals surface area contributed by atoms with E-state index in [1.54, 1.807) is 0 Å². The topological polar surface area (TPSA) is 75.8 Å². The molecule has 4 heterocycles. The number of rotatable bonds is 1. The van der Waals surface area contributed by atoms with Gasteiger partial charge in [0.15, 0.2) is 0 Å². The average molecular weight is 420 g/mol. The summed E-state index contributed by atoms with van der Waals surface area (Å²) in [6.45, 7) is 3.60. The fourth-order valence-electron chi connectivity index (χ4n) is 4.73. The summed E-state index contributed by atoms with van der Waals surface area (Å²) in [4.78, 5) is 11.5. The molecule has 3 fully saturated rings. The first-order valence-electron chi connectivity index (χ1n) is 9.87. The summed E-state index contributed by atoms with van der Waals surface area (Å²) in [5.41, 5.74) is 10.6. The van der Waals surface area contributed by atoms with Gasteiger partial charge in [-0.2, -0.15) is 13.2 Å². The summed E-state index contributed by atoms with van der Waals surface area (Å²) >= 11 is 0. The van der Waals surface area contributed by atoms with Crippen LogP contribution >= 0.6 is 0 Å². The van der Waals surface area contributed by atoms with Crippen molar-refractivity contribution in [3.05, 3.63) is 48.0 Å². The number of piperidine rings is 3. The largest absolute Gasteiger partial charge is 0.490 e. The van der Waals surface area contributed by atoms with E-state index >= 15 is 0 Å². The monoisotopic (exact) mass is 420 g/mol. The van der Waals surface area contributed by atoms with Gasteiger partial charge in [0.2, 0.25) is 0 Å². The Morgan fingerprint density at radius 2 is 1.80 bits per heavy atom. The van der Waals surface area contributed by atoms with Crippen LogP contribution in [0.5, 0.6) is 5.75 Å². The number of nitrogen functional groups attached to an aromatic ring is 1. The van der Waals surface area contributed by atoms with Crippen LogP contribution < -0.4 is 10.5 Å². The van der Waals surface area contributed by atoms with Crippen LogP contribution in [0.3, 0.4) is 0 Å². The Kier molecular flexibility index (Phi) is 5.13. The normalized spacial score (nSPS) is 26.5. The van der Waals surface area contributed by atoms with Gasteiger partial charge in [-0.05, 0) is 66.9 Å². The zero-order valence-corrected chi connectivity index (χ0v) is 16.3. The Hall–Kier alpha value is -2.74. The lowest BCUT2D eigenvalue weighted by atomic mass is 9.73. The van der Waals surface area contributed by atoms with Crippen molar-refractivity contribution in [1.29, 1.82) is 0 Å². The third-order valence-electron chi connectivity index (χ3n) is 6.15. The van der Waals surface area contributed by atoms with E-state index in [2.05, 4.69) is 29.2 Å². The molecule has 4 aliphatic rings. The highest BCUT2D eigenvalue weighted by Gasteiger charge is 2.51. The molecule has 30 heavy (non-hydrogen) atoms. The number of benzene rings is 2. The smallest absolute Gasteiger partial charge is 0.485 e. The zero-order chi connectivity index (χ0) is 21.5. The number of halogens is 3. The lowest BCUT2D eigenvalue weighted by Gasteiger charge is -2.50. The van der Waals surface area contributed by atoms with Crippen LogP contribution in [-0.4, -0.2) is 47.4 Å². The maximum atomic E-state index is 10.6. The molecule has 5 nitrogen and oxygen atoms in total.